The van der Waals surface area contributed by atoms with Crippen molar-refractivity contribution in [3.8, 4) is 5.75 Å². The number of nitrogens with one attached hydrogen (secondary N) is 2. The molecule has 0 fully saturated rings. The van der Waals surface area contributed by atoms with Gasteiger partial charge in [-0.15, -0.1) is 11.3 Å². The fourth-order valence-electron chi connectivity index (χ4n) is 2.75. The summed E-state index contributed by atoms with van der Waals surface area (Å²) in [7, 11) is 0. The highest BCUT2D eigenvalue weighted by Gasteiger charge is 2.09. The Bertz CT molecular complexity index is 953. The Kier molecular flexibility index (Phi) is 7.03. The fourth-order valence-corrected chi connectivity index (χ4v) is 3.37. The summed E-state index contributed by atoms with van der Waals surface area (Å²) in [5.41, 5.74) is 2.46. The Morgan fingerprint density at radius 3 is 2.38 bits per heavy atom. The Morgan fingerprint density at radius 2 is 1.72 bits per heavy atom. The molecule has 1 heterocycles. The molecule has 3 rings (SSSR count). The Hall–Kier alpha value is -3.12. The molecule has 0 aliphatic heterocycles. The second-order valence-corrected chi connectivity index (χ2v) is 7.68. The van der Waals surface area contributed by atoms with Crippen LogP contribution in [0.5, 0.6) is 5.75 Å². The largest absolute Gasteiger partial charge is 0.484 e. The van der Waals surface area contributed by atoms with Crippen LogP contribution < -0.4 is 15.4 Å². The minimum atomic E-state index is -0.266. The van der Waals surface area contributed by atoms with Crippen molar-refractivity contribution in [2.75, 3.05) is 17.2 Å². The summed E-state index contributed by atoms with van der Waals surface area (Å²) >= 11 is 1.37. The zero-order chi connectivity index (χ0) is 20.6. The van der Waals surface area contributed by atoms with E-state index in [1.165, 1.54) is 16.9 Å². The van der Waals surface area contributed by atoms with Crippen molar-refractivity contribution < 1.29 is 14.3 Å². The van der Waals surface area contributed by atoms with Gasteiger partial charge in [-0.05, 0) is 59.7 Å². The number of rotatable bonds is 8. The van der Waals surface area contributed by atoms with Gasteiger partial charge in [-0.3, -0.25) is 9.59 Å². The van der Waals surface area contributed by atoms with Crippen LogP contribution in [0.4, 0.5) is 11.4 Å². The average Bonchev–Trinajstić information content (AvgIpc) is 3.27. The maximum absolute atomic E-state index is 12.2. The number of anilines is 2. The van der Waals surface area contributed by atoms with E-state index in [-0.39, 0.29) is 18.4 Å². The van der Waals surface area contributed by atoms with Crippen molar-refractivity contribution in [2.24, 2.45) is 0 Å². The first-order chi connectivity index (χ1) is 14.0. The van der Waals surface area contributed by atoms with Crippen molar-refractivity contribution in [2.45, 2.75) is 26.2 Å². The van der Waals surface area contributed by atoms with Gasteiger partial charge in [0.15, 0.2) is 6.61 Å². The second-order valence-electron chi connectivity index (χ2n) is 6.73. The normalized spacial score (nSPS) is 11.5. The van der Waals surface area contributed by atoms with Crippen LogP contribution in [0.2, 0.25) is 0 Å². The number of ether oxygens (including phenoxy) is 1. The molecule has 2 N–H and O–H groups in total. The molecule has 3 aromatic rings. The molecule has 0 unspecified atom stereocenters. The Morgan fingerprint density at radius 1 is 1.00 bits per heavy atom. The monoisotopic (exact) mass is 408 g/mol. The fraction of sp³-hybridized carbons (Fsp3) is 0.217. The van der Waals surface area contributed by atoms with Crippen molar-refractivity contribution in [3.05, 3.63) is 76.5 Å². The minimum Gasteiger partial charge on any atom is -0.484 e. The maximum Gasteiger partial charge on any atom is 0.265 e. The third-order valence-electron chi connectivity index (χ3n) is 4.58. The van der Waals surface area contributed by atoms with E-state index in [1.54, 1.807) is 30.3 Å². The Balaban J connectivity index is 1.52. The highest BCUT2D eigenvalue weighted by molar-refractivity contribution is 7.12. The molecule has 5 nitrogen and oxygen atoms in total. The van der Waals surface area contributed by atoms with Gasteiger partial charge < -0.3 is 15.4 Å². The lowest BCUT2D eigenvalue weighted by atomic mass is 9.99. The lowest BCUT2D eigenvalue weighted by Gasteiger charge is -2.11. The van der Waals surface area contributed by atoms with E-state index in [1.807, 2.05) is 35.7 Å². The number of carbonyl (C=O) groups excluding carboxylic acids is 2. The van der Waals surface area contributed by atoms with Gasteiger partial charge >= 0.3 is 0 Å². The van der Waals surface area contributed by atoms with Crippen LogP contribution in [0.1, 0.15) is 41.4 Å². The first-order valence-electron chi connectivity index (χ1n) is 9.52. The Labute approximate surface area is 174 Å². The van der Waals surface area contributed by atoms with Crippen molar-refractivity contribution in [3.63, 3.8) is 0 Å². The summed E-state index contributed by atoms with van der Waals surface area (Å²) in [6.07, 6.45) is 1.08. The summed E-state index contributed by atoms with van der Waals surface area (Å²) < 4.78 is 5.57. The van der Waals surface area contributed by atoms with Crippen LogP contribution in [0.3, 0.4) is 0 Å². The molecule has 29 heavy (non-hydrogen) atoms. The van der Waals surface area contributed by atoms with Gasteiger partial charge in [-0.2, -0.15) is 0 Å². The van der Waals surface area contributed by atoms with Crippen LogP contribution in [0.25, 0.3) is 0 Å². The second kappa shape index (κ2) is 9.89. The molecule has 0 aliphatic rings. The third kappa shape index (κ3) is 5.93. The highest BCUT2D eigenvalue weighted by Crippen LogP contribution is 2.22. The van der Waals surface area contributed by atoms with Gasteiger partial charge in [0.25, 0.3) is 11.8 Å². The van der Waals surface area contributed by atoms with Gasteiger partial charge in [0.1, 0.15) is 5.75 Å². The first-order valence-corrected chi connectivity index (χ1v) is 10.4. The number of benzene rings is 2. The molecule has 6 heteroatoms. The van der Waals surface area contributed by atoms with E-state index in [0.717, 1.165) is 6.42 Å². The number of thiophene rings is 1. The molecule has 1 atom stereocenters. The lowest BCUT2D eigenvalue weighted by Crippen LogP contribution is -2.20. The van der Waals surface area contributed by atoms with E-state index < -0.39 is 0 Å². The molecule has 0 bridgehead atoms. The quantitative estimate of drug-likeness (QED) is 0.515. The number of hydrogen-bond donors (Lipinski definition) is 2. The molecule has 0 saturated carbocycles. The predicted octanol–water partition coefficient (Wildman–Crippen LogP) is 5.53. The first kappa shape index (κ1) is 20.6. The molecule has 0 saturated heterocycles. The third-order valence-corrected chi connectivity index (χ3v) is 5.45. The van der Waals surface area contributed by atoms with Gasteiger partial charge in [-0.25, -0.2) is 0 Å². The molecule has 0 spiro atoms. The number of amides is 2. The highest BCUT2D eigenvalue weighted by atomic mass is 32.1. The van der Waals surface area contributed by atoms with E-state index >= 15 is 0 Å². The summed E-state index contributed by atoms with van der Waals surface area (Å²) in [6.45, 7) is 4.25. The van der Waals surface area contributed by atoms with E-state index in [4.69, 9.17) is 4.74 Å². The average molecular weight is 409 g/mol. The summed E-state index contributed by atoms with van der Waals surface area (Å²) in [6, 6.07) is 18.4. The molecule has 0 aliphatic carbocycles. The zero-order valence-corrected chi connectivity index (χ0v) is 17.3. The van der Waals surface area contributed by atoms with Crippen LogP contribution in [0.15, 0.2) is 66.0 Å². The molecule has 2 amide bonds. The summed E-state index contributed by atoms with van der Waals surface area (Å²) in [4.78, 5) is 25.0. The summed E-state index contributed by atoms with van der Waals surface area (Å²) in [5.74, 6) is 0.717. The SMILES string of the molecule is CC[C@@H](C)c1ccc(OCC(=O)Nc2cccc(NC(=O)c3cccs3)c2)cc1. The molecule has 0 radical (unpaired) electrons. The standard InChI is InChI=1S/C23H24N2O3S/c1-3-16(2)17-9-11-20(12-10-17)28-15-22(26)24-18-6-4-7-19(14-18)25-23(27)21-8-5-13-29-21/h4-14,16H,3,15H2,1-2H3,(H,24,26)(H,25,27)/t16-/m1/s1. The van der Waals surface area contributed by atoms with E-state index in [0.29, 0.717) is 27.9 Å². The minimum absolute atomic E-state index is 0.0888. The van der Waals surface area contributed by atoms with Gasteiger partial charge in [-0.1, -0.05) is 38.1 Å². The van der Waals surface area contributed by atoms with Crippen molar-refractivity contribution in [1.29, 1.82) is 0 Å². The van der Waals surface area contributed by atoms with Crippen LogP contribution in [-0.4, -0.2) is 18.4 Å². The van der Waals surface area contributed by atoms with Crippen molar-refractivity contribution >= 4 is 34.5 Å². The molecular formula is C23H24N2O3S. The van der Waals surface area contributed by atoms with Crippen LogP contribution in [0, 0.1) is 0 Å². The zero-order valence-electron chi connectivity index (χ0n) is 16.5. The van der Waals surface area contributed by atoms with Gasteiger partial charge in [0.2, 0.25) is 0 Å². The van der Waals surface area contributed by atoms with Crippen LogP contribution in [-0.2, 0) is 4.79 Å². The van der Waals surface area contributed by atoms with E-state index in [2.05, 4.69) is 24.5 Å². The molecular weight excluding hydrogens is 384 g/mol. The molecule has 150 valence electrons. The smallest absolute Gasteiger partial charge is 0.265 e. The van der Waals surface area contributed by atoms with Gasteiger partial charge in [0, 0.05) is 11.4 Å². The molecule has 2 aromatic carbocycles. The lowest BCUT2D eigenvalue weighted by molar-refractivity contribution is -0.118. The van der Waals surface area contributed by atoms with Gasteiger partial charge in [0.05, 0.1) is 4.88 Å². The maximum atomic E-state index is 12.2. The summed E-state index contributed by atoms with van der Waals surface area (Å²) in [5, 5.41) is 7.46. The van der Waals surface area contributed by atoms with Crippen LogP contribution >= 0.6 is 11.3 Å². The van der Waals surface area contributed by atoms with E-state index in [9.17, 15) is 9.59 Å². The topological polar surface area (TPSA) is 67.4 Å². The number of hydrogen-bond acceptors (Lipinski definition) is 4. The number of carbonyl (C=O) groups is 2. The predicted molar refractivity (Wildman–Crippen MR) is 118 cm³/mol. The molecule has 1 aromatic heterocycles. The van der Waals surface area contributed by atoms with Crippen molar-refractivity contribution in [1.82, 2.24) is 0 Å².